The Morgan fingerprint density at radius 1 is 0.889 bits per heavy atom. The quantitative estimate of drug-likeness (QED) is 0.389. The largest absolute Gasteiger partial charge is 1.00 e. The van der Waals surface area contributed by atoms with Crippen LogP contribution in [-0.2, 0) is 0 Å². The summed E-state index contributed by atoms with van der Waals surface area (Å²) in [5, 5.41) is 0. The van der Waals surface area contributed by atoms with Gasteiger partial charge in [-0.2, -0.15) is 12.8 Å². The van der Waals surface area contributed by atoms with E-state index in [-0.39, 0.29) is 18.9 Å². The summed E-state index contributed by atoms with van der Waals surface area (Å²) in [6.45, 7) is 11.4. The molecule has 0 nitrogen and oxygen atoms in total. The van der Waals surface area contributed by atoms with Crippen LogP contribution in [0.4, 0.5) is 0 Å². The Kier molecular flexibility index (Phi) is 42.5. The van der Waals surface area contributed by atoms with Gasteiger partial charge in [-0.1, -0.05) is 26.7 Å². The van der Waals surface area contributed by atoms with Crippen molar-refractivity contribution in [1.29, 1.82) is 0 Å². The molecule has 0 rings (SSSR count). The van der Waals surface area contributed by atoms with E-state index < -0.39 is 0 Å². The van der Waals surface area contributed by atoms with E-state index in [0.29, 0.717) is 0 Å². The Bertz CT molecular complexity index is 12.5. The van der Waals surface area contributed by atoms with Crippen LogP contribution in [0, 0.1) is 13.8 Å². The third-order valence-corrected chi connectivity index (χ3v) is 0.707. The molecule has 0 N–H and O–H groups in total. The molecule has 0 amide bonds. The van der Waals surface area contributed by atoms with E-state index in [9.17, 15) is 0 Å². The fourth-order valence-corrected chi connectivity index (χ4v) is 0. The van der Waals surface area contributed by atoms with Gasteiger partial charge in [0.2, 0.25) is 0 Å². The monoisotopic (exact) mass is 121 g/mol. The molecule has 0 bridgehead atoms. The van der Waals surface area contributed by atoms with Crippen molar-refractivity contribution in [3.63, 3.8) is 0 Å². The van der Waals surface area contributed by atoms with E-state index in [0.717, 1.165) is 12.8 Å². The van der Waals surface area contributed by atoms with Gasteiger partial charge in [0.1, 0.15) is 0 Å². The molecule has 54 valence electrons. The predicted octanol–water partition coefficient (Wildman–Crippen LogP) is 2.86. The fourth-order valence-electron chi connectivity index (χ4n) is 0. The number of hydrogen-bond acceptors (Lipinski definition) is 0. The Labute approximate surface area is 72.6 Å². The van der Waals surface area contributed by atoms with Crippen LogP contribution >= 0.6 is 0 Å². The zero-order chi connectivity index (χ0) is 6.83. The van der Waals surface area contributed by atoms with Crippen molar-refractivity contribution < 1.29 is 0 Å². The summed E-state index contributed by atoms with van der Waals surface area (Å²) in [6.07, 6.45) is 4.56. The molecule has 0 saturated heterocycles. The van der Waals surface area contributed by atoms with Crippen molar-refractivity contribution in [3.8, 4) is 0 Å². The molecule has 0 aliphatic heterocycles. The van der Waals surface area contributed by atoms with Crippen molar-refractivity contribution >= 4 is 18.9 Å². The topological polar surface area (TPSA) is 0 Å². The zero-order valence-corrected chi connectivity index (χ0v) is 7.24. The third-order valence-electron chi connectivity index (χ3n) is 0.707. The Balaban J connectivity index is -0.0000000720. The van der Waals surface area contributed by atoms with Gasteiger partial charge in [-0.05, 0) is 0 Å². The van der Waals surface area contributed by atoms with E-state index in [2.05, 4.69) is 27.7 Å². The van der Waals surface area contributed by atoms with E-state index in [4.69, 9.17) is 0 Å². The molecule has 0 spiro atoms. The summed E-state index contributed by atoms with van der Waals surface area (Å²) in [5.41, 5.74) is 0. The van der Waals surface area contributed by atoms with Gasteiger partial charge in [-0.25, -0.2) is 0 Å². The van der Waals surface area contributed by atoms with Crippen molar-refractivity contribution in [3.05, 3.63) is 13.8 Å². The molecule has 0 aliphatic rings. The summed E-state index contributed by atoms with van der Waals surface area (Å²) in [7, 11) is 0. The van der Waals surface area contributed by atoms with Gasteiger partial charge in [0, 0.05) is 0 Å². The van der Waals surface area contributed by atoms with Gasteiger partial charge in [-0.3, -0.25) is 0 Å². The SMILES string of the molecule is [CH2-]CCC.[CH2-]CCC.[Li-]. The minimum atomic E-state index is 0. The average molecular weight is 121 g/mol. The van der Waals surface area contributed by atoms with Crippen molar-refractivity contribution in [2.24, 2.45) is 0 Å². The van der Waals surface area contributed by atoms with Crippen LogP contribution in [0.3, 0.4) is 0 Å². The zero-order valence-electron chi connectivity index (χ0n) is 7.24. The molecule has 0 aliphatic carbocycles. The number of rotatable bonds is 2. The van der Waals surface area contributed by atoms with Crippen molar-refractivity contribution in [2.45, 2.75) is 39.5 Å². The molecule has 1 heteroatoms. The molecule has 0 fully saturated rings. The van der Waals surface area contributed by atoms with Crippen LogP contribution in [0.5, 0.6) is 0 Å². The first kappa shape index (κ1) is 16.3. The molecule has 9 heavy (non-hydrogen) atoms. The summed E-state index contributed by atoms with van der Waals surface area (Å²) in [4.78, 5) is 0. The maximum atomic E-state index is 3.60. The van der Waals surface area contributed by atoms with E-state index in [1.54, 1.807) is 0 Å². The van der Waals surface area contributed by atoms with E-state index in [1.165, 1.54) is 12.8 Å². The minimum absolute atomic E-state index is 0. The van der Waals surface area contributed by atoms with Crippen LogP contribution in [-0.4, -0.2) is 18.9 Å². The first-order valence-corrected chi connectivity index (χ1v) is 3.41. The van der Waals surface area contributed by atoms with Crippen molar-refractivity contribution in [1.82, 2.24) is 0 Å². The Hall–Kier alpha value is 0.597. The van der Waals surface area contributed by atoms with Crippen LogP contribution in [0.25, 0.3) is 0 Å². The molecule has 2 radical (unpaired) electrons. The van der Waals surface area contributed by atoms with Gasteiger partial charge in [0.15, 0.2) is 0 Å². The summed E-state index contributed by atoms with van der Waals surface area (Å²) in [6, 6.07) is 0. The number of hydrogen-bond donors (Lipinski definition) is 0. The van der Waals surface area contributed by atoms with Gasteiger partial charge in [0.05, 0.1) is 0 Å². The molecule has 0 aromatic rings. The smallest absolute Gasteiger partial charge is 0.0678 e. The van der Waals surface area contributed by atoms with Crippen LogP contribution < -0.4 is 0 Å². The van der Waals surface area contributed by atoms with Gasteiger partial charge in [0.25, 0.3) is 0 Å². The van der Waals surface area contributed by atoms with Crippen LogP contribution in [0.2, 0.25) is 0 Å². The maximum Gasteiger partial charge on any atom is -0.0678 e. The molecule has 0 unspecified atom stereocenters. The van der Waals surface area contributed by atoms with Gasteiger partial charge >= 0.3 is 0 Å². The standard InChI is InChI=1S/2C4H9.Li/c2*1-3-4-2;/h2*1,3-4H2,2H3;/q3*-1. The third kappa shape index (κ3) is 55.5. The Morgan fingerprint density at radius 2 is 1.00 bits per heavy atom. The second-order valence-corrected chi connectivity index (χ2v) is 1.71. The predicted molar refractivity (Wildman–Crippen MR) is 46.3 cm³/mol. The molecule has 0 aromatic heterocycles. The molecule has 0 heterocycles. The molecule has 0 atom stereocenters. The summed E-state index contributed by atoms with van der Waals surface area (Å²) in [5.74, 6) is 0. The molecule has 0 aromatic carbocycles. The van der Waals surface area contributed by atoms with Crippen LogP contribution in [0.15, 0.2) is 0 Å². The van der Waals surface area contributed by atoms with Crippen LogP contribution in [0.1, 0.15) is 39.5 Å². The molecule has 0 saturated carbocycles. The van der Waals surface area contributed by atoms with E-state index in [1.807, 2.05) is 0 Å². The minimum Gasteiger partial charge on any atom is -1.00 e. The molecular weight excluding hydrogens is 103 g/mol. The summed E-state index contributed by atoms with van der Waals surface area (Å²) >= 11 is 0. The second-order valence-electron chi connectivity index (χ2n) is 1.71. The second kappa shape index (κ2) is 23.5. The average Bonchev–Trinajstić information content (AvgIpc) is 1.88. The summed E-state index contributed by atoms with van der Waals surface area (Å²) < 4.78 is 0. The normalized spacial score (nSPS) is 6.67. The van der Waals surface area contributed by atoms with Gasteiger partial charge < -0.3 is 32.7 Å². The van der Waals surface area contributed by atoms with Gasteiger partial charge in [-0.15, -0.1) is 0 Å². The number of unbranched alkanes of at least 4 members (excludes halogenated alkanes) is 2. The molecular formula is C8H18Li-3. The van der Waals surface area contributed by atoms with Crippen molar-refractivity contribution in [2.75, 3.05) is 0 Å². The fraction of sp³-hybridized carbons (Fsp3) is 0.750. The maximum absolute atomic E-state index is 3.60. The van der Waals surface area contributed by atoms with E-state index >= 15 is 0 Å². The Morgan fingerprint density at radius 3 is 1.00 bits per heavy atom. The first-order chi connectivity index (χ1) is 3.83. The first-order valence-electron chi connectivity index (χ1n) is 3.41.